The summed E-state index contributed by atoms with van der Waals surface area (Å²) in [5.74, 6) is 0.786. The van der Waals surface area contributed by atoms with E-state index < -0.39 is 0 Å². The summed E-state index contributed by atoms with van der Waals surface area (Å²) >= 11 is 6.99. The Morgan fingerprint density at radius 2 is 2.33 bits per heavy atom. The maximum absolute atomic E-state index is 6.08. The van der Waals surface area contributed by atoms with E-state index in [2.05, 4.69) is 6.92 Å². The van der Waals surface area contributed by atoms with Crippen molar-refractivity contribution in [2.75, 3.05) is 0 Å². The Kier molecular flexibility index (Phi) is 3.39. The summed E-state index contributed by atoms with van der Waals surface area (Å²) in [6.07, 6.45) is 2.63. The standard InChI is InChI=1S/C7H13ClSe/c1-6-5-9-4-2-3-7(6)8/h6-7H,2-5H2,1H3/t6-,7-/m1/s1. The zero-order chi connectivity index (χ0) is 6.69. The first kappa shape index (κ1) is 7.91. The van der Waals surface area contributed by atoms with E-state index in [0.29, 0.717) is 5.38 Å². The van der Waals surface area contributed by atoms with Gasteiger partial charge in [0.2, 0.25) is 0 Å². The van der Waals surface area contributed by atoms with Crippen LogP contribution in [0.5, 0.6) is 0 Å². The molecular formula is C7H13ClSe. The molecule has 2 atom stereocenters. The molecule has 0 N–H and O–H groups in total. The predicted octanol–water partition coefficient (Wildman–Crippen LogP) is 2.56. The Balaban J connectivity index is 2.32. The molecule has 0 amide bonds. The van der Waals surface area contributed by atoms with E-state index >= 15 is 0 Å². The van der Waals surface area contributed by atoms with Gasteiger partial charge < -0.3 is 0 Å². The second kappa shape index (κ2) is 3.85. The van der Waals surface area contributed by atoms with Gasteiger partial charge in [0.15, 0.2) is 0 Å². The number of halogens is 1. The fraction of sp³-hybridized carbons (Fsp3) is 1.00. The predicted molar refractivity (Wildman–Crippen MR) is 43.4 cm³/mol. The summed E-state index contributed by atoms with van der Waals surface area (Å²) in [6.45, 7) is 2.28. The van der Waals surface area contributed by atoms with Crippen LogP contribution in [0.4, 0.5) is 0 Å². The first-order valence-electron chi connectivity index (χ1n) is 3.52. The van der Waals surface area contributed by atoms with Crippen molar-refractivity contribution in [3.05, 3.63) is 0 Å². The van der Waals surface area contributed by atoms with Gasteiger partial charge in [-0.2, -0.15) is 0 Å². The molecule has 0 aliphatic carbocycles. The molecule has 0 bridgehead atoms. The summed E-state index contributed by atoms with van der Waals surface area (Å²) < 4.78 is 0. The van der Waals surface area contributed by atoms with E-state index in [1.807, 2.05) is 0 Å². The number of hydrogen-bond donors (Lipinski definition) is 0. The molecular weight excluding hydrogens is 198 g/mol. The first-order valence-corrected chi connectivity index (χ1v) is 6.38. The average molecular weight is 212 g/mol. The molecule has 0 aromatic rings. The summed E-state index contributed by atoms with van der Waals surface area (Å²) in [5.41, 5.74) is 0. The van der Waals surface area contributed by atoms with Gasteiger partial charge in [0.1, 0.15) is 0 Å². The van der Waals surface area contributed by atoms with Gasteiger partial charge in [-0.05, 0) is 0 Å². The Hall–Kier alpha value is 0.809. The molecule has 0 nitrogen and oxygen atoms in total. The van der Waals surface area contributed by atoms with Crippen molar-refractivity contribution in [3.63, 3.8) is 0 Å². The number of rotatable bonds is 0. The van der Waals surface area contributed by atoms with E-state index in [1.54, 1.807) is 0 Å². The zero-order valence-electron chi connectivity index (χ0n) is 5.77. The van der Waals surface area contributed by atoms with Crippen LogP contribution in [0.1, 0.15) is 19.8 Å². The van der Waals surface area contributed by atoms with Gasteiger partial charge in [-0.3, -0.25) is 0 Å². The van der Waals surface area contributed by atoms with Crippen LogP contribution in [0.25, 0.3) is 0 Å². The number of alkyl halides is 1. The summed E-state index contributed by atoms with van der Waals surface area (Å²) in [7, 11) is 0. The van der Waals surface area contributed by atoms with Gasteiger partial charge in [-0.15, -0.1) is 0 Å². The van der Waals surface area contributed by atoms with E-state index in [0.717, 1.165) is 20.9 Å². The third-order valence-corrected chi connectivity index (χ3v) is 5.22. The van der Waals surface area contributed by atoms with Gasteiger partial charge in [-0.25, -0.2) is 0 Å². The fourth-order valence-corrected chi connectivity index (χ4v) is 3.92. The second-order valence-corrected chi connectivity index (χ2v) is 5.68. The minimum absolute atomic E-state index is 0.481. The molecule has 1 heterocycles. The maximum atomic E-state index is 6.08. The molecule has 1 rings (SSSR count). The van der Waals surface area contributed by atoms with Crippen molar-refractivity contribution >= 4 is 26.6 Å². The molecule has 0 aromatic carbocycles. The molecule has 1 aliphatic rings. The van der Waals surface area contributed by atoms with E-state index in [9.17, 15) is 0 Å². The van der Waals surface area contributed by atoms with Crippen LogP contribution in [0.15, 0.2) is 0 Å². The van der Waals surface area contributed by atoms with Crippen molar-refractivity contribution in [2.45, 2.75) is 35.8 Å². The Morgan fingerprint density at radius 1 is 1.56 bits per heavy atom. The van der Waals surface area contributed by atoms with Crippen LogP contribution in [-0.2, 0) is 0 Å². The van der Waals surface area contributed by atoms with Gasteiger partial charge >= 0.3 is 68.3 Å². The van der Waals surface area contributed by atoms with Gasteiger partial charge in [0, 0.05) is 0 Å². The molecule has 9 heavy (non-hydrogen) atoms. The van der Waals surface area contributed by atoms with Crippen molar-refractivity contribution in [3.8, 4) is 0 Å². The Morgan fingerprint density at radius 3 is 3.11 bits per heavy atom. The topological polar surface area (TPSA) is 0 Å². The molecule has 0 spiro atoms. The normalized spacial score (nSPS) is 38.0. The third kappa shape index (κ3) is 2.49. The number of hydrogen-bond acceptors (Lipinski definition) is 0. The van der Waals surface area contributed by atoms with Crippen LogP contribution in [-0.4, -0.2) is 20.3 Å². The molecule has 0 aromatic heterocycles. The molecule has 0 unspecified atom stereocenters. The quantitative estimate of drug-likeness (QED) is 0.427. The molecule has 0 saturated carbocycles. The molecule has 1 saturated heterocycles. The van der Waals surface area contributed by atoms with Gasteiger partial charge in [0.05, 0.1) is 0 Å². The van der Waals surface area contributed by atoms with Crippen molar-refractivity contribution < 1.29 is 0 Å². The molecule has 2 heteroatoms. The Bertz CT molecular complexity index is 75.0. The van der Waals surface area contributed by atoms with Crippen LogP contribution < -0.4 is 0 Å². The fourth-order valence-electron chi connectivity index (χ4n) is 1.04. The van der Waals surface area contributed by atoms with Crippen molar-refractivity contribution in [1.29, 1.82) is 0 Å². The van der Waals surface area contributed by atoms with E-state index in [4.69, 9.17) is 11.6 Å². The monoisotopic (exact) mass is 212 g/mol. The first-order chi connectivity index (χ1) is 4.30. The van der Waals surface area contributed by atoms with Crippen LogP contribution in [0, 0.1) is 5.92 Å². The van der Waals surface area contributed by atoms with Gasteiger partial charge in [0.25, 0.3) is 0 Å². The Labute approximate surface area is 68.5 Å². The van der Waals surface area contributed by atoms with E-state index in [-0.39, 0.29) is 0 Å². The zero-order valence-corrected chi connectivity index (χ0v) is 8.24. The van der Waals surface area contributed by atoms with Crippen LogP contribution in [0.2, 0.25) is 10.6 Å². The molecule has 1 aliphatic heterocycles. The summed E-state index contributed by atoms with van der Waals surface area (Å²) in [5, 5.41) is 3.34. The van der Waals surface area contributed by atoms with Crippen molar-refractivity contribution in [2.24, 2.45) is 5.92 Å². The van der Waals surface area contributed by atoms with Crippen LogP contribution in [0.3, 0.4) is 0 Å². The van der Waals surface area contributed by atoms with Crippen LogP contribution >= 0.6 is 11.6 Å². The molecule has 0 radical (unpaired) electrons. The minimum atomic E-state index is 0.481. The third-order valence-electron chi connectivity index (χ3n) is 1.77. The second-order valence-electron chi connectivity index (χ2n) is 2.71. The van der Waals surface area contributed by atoms with E-state index in [1.165, 1.54) is 23.5 Å². The summed E-state index contributed by atoms with van der Waals surface area (Å²) in [4.78, 5) is 0. The van der Waals surface area contributed by atoms with Gasteiger partial charge in [-0.1, -0.05) is 0 Å². The summed E-state index contributed by atoms with van der Waals surface area (Å²) in [6, 6.07) is 0. The SMILES string of the molecule is C[C@@H]1C[Se]CCC[C@H]1Cl. The average Bonchev–Trinajstić information content (AvgIpc) is 1.99. The molecule has 54 valence electrons. The van der Waals surface area contributed by atoms with Crippen molar-refractivity contribution in [1.82, 2.24) is 0 Å². The molecule has 1 fully saturated rings.